The third-order valence-electron chi connectivity index (χ3n) is 2.34. The highest BCUT2D eigenvalue weighted by Crippen LogP contribution is 2.29. The van der Waals surface area contributed by atoms with Crippen LogP contribution in [0.3, 0.4) is 0 Å². The Hall–Kier alpha value is -2.48. The minimum Gasteiger partial charge on any atom is -0.502 e. The lowest BCUT2D eigenvalue weighted by Crippen LogP contribution is -2.22. The Morgan fingerprint density at radius 3 is 2.95 bits per heavy atom. The molecule has 7 nitrogen and oxygen atoms in total. The summed E-state index contributed by atoms with van der Waals surface area (Å²) in [6.45, 7) is 0.207. The van der Waals surface area contributed by atoms with Crippen LogP contribution in [0.1, 0.15) is 15.4 Å². The fourth-order valence-corrected chi connectivity index (χ4v) is 2.01. The van der Waals surface area contributed by atoms with Crippen molar-refractivity contribution in [2.45, 2.75) is 6.54 Å². The first-order valence-corrected chi connectivity index (χ1v) is 6.10. The minimum absolute atomic E-state index is 0.134. The van der Waals surface area contributed by atoms with E-state index >= 15 is 0 Å². The summed E-state index contributed by atoms with van der Waals surface area (Å²) in [6, 6.07) is 3.79. The van der Waals surface area contributed by atoms with Crippen LogP contribution in [0.4, 0.5) is 5.69 Å². The quantitative estimate of drug-likeness (QED) is 0.654. The summed E-state index contributed by atoms with van der Waals surface area (Å²) in [5.74, 6) is -1.22. The van der Waals surface area contributed by atoms with Gasteiger partial charge in [0.1, 0.15) is 5.01 Å². The Morgan fingerprint density at radius 2 is 2.32 bits per heavy atom. The van der Waals surface area contributed by atoms with Gasteiger partial charge in [0.2, 0.25) is 5.75 Å². The van der Waals surface area contributed by atoms with Gasteiger partial charge in [-0.1, -0.05) is 6.07 Å². The number of thiazole rings is 1. The Bertz CT molecular complexity index is 612. The molecule has 0 radical (unpaired) electrons. The first-order valence-electron chi connectivity index (χ1n) is 5.22. The number of phenolic OH excluding ortho intramolecular Hbond substituents is 1. The zero-order valence-electron chi connectivity index (χ0n) is 9.57. The van der Waals surface area contributed by atoms with Crippen molar-refractivity contribution in [3.63, 3.8) is 0 Å². The first kappa shape index (κ1) is 13.0. The Labute approximate surface area is 111 Å². The number of rotatable bonds is 4. The lowest BCUT2D eigenvalue weighted by Gasteiger charge is -2.05. The molecule has 1 heterocycles. The minimum atomic E-state index is -0.743. The van der Waals surface area contributed by atoms with Crippen molar-refractivity contribution in [3.05, 3.63) is 50.5 Å². The highest BCUT2D eigenvalue weighted by Gasteiger charge is 2.20. The van der Waals surface area contributed by atoms with Gasteiger partial charge in [0.25, 0.3) is 5.91 Å². The SMILES string of the molecule is O=C(NCc1nccs1)c1cccc([N+](=O)[O-])c1O. The zero-order valence-corrected chi connectivity index (χ0v) is 10.4. The molecule has 8 heteroatoms. The zero-order chi connectivity index (χ0) is 13.8. The first-order chi connectivity index (χ1) is 9.09. The summed E-state index contributed by atoms with van der Waals surface area (Å²) in [4.78, 5) is 25.7. The van der Waals surface area contributed by atoms with Crippen molar-refractivity contribution in [1.82, 2.24) is 10.3 Å². The van der Waals surface area contributed by atoms with Gasteiger partial charge in [0.15, 0.2) is 0 Å². The number of amides is 1. The highest BCUT2D eigenvalue weighted by atomic mass is 32.1. The second-order valence-corrected chi connectivity index (χ2v) is 4.52. The molecule has 0 aliphatic rings. The van der Waals surface area contributed by atoms with Gasteiger partial charge >= 0.3 is 5.69 Å². The fraction of sp³-hybridized carbons (Fsp3) is 0.0909. The molecule has 0 saturated heterocycles. The number of hydrogen-bond donors (Lipinski definition) is 2. The van der Waals surface area contributed by atoms with Crippen LogP contribution in [0, 0.1) is 10.1 Å². The molecule has 1 aromatic carbocycles. The second kappa shape index (κ2) is 5.44. The molecule has 0 aliphatic heterocycles. The van der Waals surface area contributed by atoms with Crippen LogP contribution in [0.5, 0.6) is 5.75 Å². The van der Waals surface area contributed by atoms with Crippen molar-refractivity contribution in [3.8, 4) is 5.75 Å². The van der Waals surface area contributed by atoms with Gasteiger partial charge in [-0.25, -0.2) is 4.98 Å². The van der Waals surface area contributed by atoms with Crippen LogP contribution in [-0.4, -0.2) is 20.9 Å². The molecule has 2 N–H and O–H groups in total. The molecule has 0 aliphatic carbocycles. The van der Waals surface area contributed by atoms with Gasteiger partial charge < -0.3 is 10.4 Å². The fourth-order valence-electron chi connectivity index (χ4n) is 1.45. The summed E-state index contributed by atoms with van der Waals surface area (Å²) in [5.41, 5.74) is -0.632. The van der Waals surface area contributed by atoms with E-state index in [9.17, 15) is 20.0 Å². The summed E-state index contributed by atoms with van der Waals surface area (Å²) < 4.78 is 0. The molecule has 1 aromatic heterocycles. The molecule has 0 spiro atoms. The monoisotopic (exact) mass is 279 g/mol. The standard InChI is InChI=1S/C11H9N3O4S/c15-10-7(2-1-3-8(10)14(17)18)11(16)13-6-9-12-4-5-19-9/h1-5,15H,6H2,(H,13,16). The lowest BCUT2D eigenvalue weighted by atomic mass is 10.1. The molecule has 0 unspecified atom stereocenters. The predicted molar refractivity (Wildman–Crippen MR) is 68.0 cm³/mol. The van der Waals surface area contributed by atoms with E-state index in [0.29, 0.717) is 5.01 Å². The number of hydrogen-bond acceptors (Lipinski definition) is 6. The van der Waals surface area contributed by atoms with Crippen molar-refractivity contribution in [2.75, 3.05) is 0 Å². The van der Waals surface area contributed by atoms with Crippen molar-refractivity contribution >= 4 is 22.9 Å². The van der Waals surface area contributed by atoms with Crippen LogP contribution in [0.2, 0.25) is 0 Å². The number of nitro benzene ring substituents is 1. The van der Waals surface area contributed by atoms with E-state index < -0.39 is 22.3 Å². The maximum absolute atomic E-state index is 11.8. The molecule has 1 amide bonds. The Balaban J connectivity index is 2.15. The summed E-state index contributed by atoms with van der Waals surface area (Å²) in [5, 5.41) is 25.3. The van der Waals surface area contributed by atoms with Crippen molar-refractivity contribution in [2.24, 2.45) is 0 Å². The number of aromatic hydroxyl groups is 1. The van der Waals surface area contributed by atoms with E-state index in [1.165, 1.54) is 23.5 Å². The van der Waals surface area contributed by atoms with Gasteiger partial charge in [0.05, 0.1) is 17.0 Å². The molecule has 2 aromatic rings. The average molecular weight is 279 g/mol. The summed E-state index contributed by atoms with van der Waals surface area (Å²) in [6.07, 6.45) is 1.61. The van der Waals surface area contributed by atoms with Gasteiger partial charge in [-0.2, -0.15) is 0 Å². The second-order valence-electron chi connectivity index (χ2n) is 3.54. The van der Waals surface area contributed by atoms with Crippen LogP contribution in [0.15, 0.2) is 29.8 Å². The average Bonchev–Trinajstić information content (AvgIpc) is 2.89. The van der Waals surface area contributed by atoms with Crippen LogP contribution in [-0.2, 0) is 6.54 Å². The van der Waals surface area contributed by atoms with Gasteiger partial charge in [-0.3, -0.25) is 14.9 Å². The smallest absolute Gasteiger partial charge is 0.311 e. The van der Waals surface area contributed by atoms with E-state index in [1.807, 2.05) is 0 Å². The van der Waals surface area contributed by atoms with Crippen LogP contribution < -0.4 is 5.32 Å². The number of carbonyl (C=O) groups excluding carboxylic acids is 1. The van der Waals surface area contributed by atoms with E-state index in [2.05, 4.69) is 10.3 Å². The van der Waals surface area contributed by atoms with E-state index in [1.54, 1.807) is 11.6 Å². The van der Waals surface area contributed by atoms with E-state index in [-0.39, 0.29) is 12.1 Å². The Morgan fingerprint density at radius 1 is 1.53 bits per heavy atom. The normalized spacial score (nSPS) is 10.1. The number of nitrogens with zero attached hydrogens (tertiary/aromatic N) is 2. The molecule has 0 fully saturated rings. The van der Waals surface area contributed by atoms with E-state index in [0.717, 1.165) is 6.07 Å². The van der Waals surface area contributed by atoms with Crippen molar-refractivity contribution < 1.29 is 14.8 Å². The molecule has 0 bridgehead atoms. The molecule has 98 valence electrons. The number of carbonyl (C=O) groups is 1. The maximum atomic E-state index is 11.8. The molecule has 0 saturated carbocycles. The number of nitrogens with one attached hydrogen (secondary N) is 1. The van der Waals surface area contributed by atoms with Crippen LogP contribution in [0.25, 0.3) is 0 Å². The molecule has 2 rings (SSSR count). The number of phenols is 1. The predicted octanol–water partition coefficient (Wildman–Crippen LogP) is 1.69. The number of aromatic nitrogens is 1. The number of nitro groups is 1. The van der Waals surface area contributed by atoms with E-state index in [4.69, 9.17) is 0 Å². The summed E-state index contributed by atoms with van der Waals surface area (Å²) in [7, 11) is 0. The largest absolute Gasteiger partial charge is 0.502 e. The number of para-hydroxylation sites is 1. The molecule has 19 heavy (non-hydrogen) atoms. The molecule has 0 atom stereocenters. The summed E-state index contributed by atoms with van der Waals surface area (Å²) >= 11 is 1.38. The van der Waals surface area contributed by atoms with Crippen molar-refractivity contribution in [1.29, 1.82) is 0 Å². The third-order valence-corrected chi connectivity index (χ3v) is 3.12. The molecular weight excluding hydrogens is 270 g/mol. The lowest BCUT2D eigenvalue weighted by molar-refractivity contribution is -0.385. The van der Waals surface area contributed by atoms with Gasteiger partial charge in [-0.05, 0) is 6.07 Å². The van der Waals surface area contributed by atoms with Crippen LogP contribution >= 0.6 is 11.3 Å². The highest BCUT2D eigenvalue weighted by molar-refractivity contribution is 7.09. The topological polar surface area (TPSA) is 105 Å². The third kappa shape index (κ3) is 2.86. The Kier molecular flexibility index (Phi) is 3.71. The molecular formula is C11H9N3O4S. The van der Waals surface area contributed by atoms with Gasteiger partial charge in [-0.15, -0.1) is 11.3 Å². The number of benzene rings is 1. The maximum Gasteiger partial charge on any atom is 0.311 e. The van der Waals surface area contributed by atoms with Gasteiger partial charge in [0, 0.05) is 17.6 Å².